The van der Waals surface area contributed by atoms with E-state index in [9.17, 15) is 9.90 Å². The highest BCUT2D eigenvalue weighted by Gasteiger charge is 2.24. The second kappa shape index (κ2) is 14.2. The largest absolute Gasteiger partial charge is 0.490 e. The molecule has 0 saturated carbocycles. The molecule has 1 amide bonds. The lowest BCUT2D eigenvalue weighted by Crippen LogP contribution is -2.40. The summed E-state index contributed by atoms with van der Waals surface area (Å²) >= 11 is 0. The Morgan fingerprint density at radius 1 is 0.976 bits per heavy atom. The predicted molar refractivity (Wildman–Crippen MR) is 170 cm³/mol. The summed E-state index contributed by atoms with van der Waals surface area (Å²) in [7, 11) is 3.55. The van der Waals surface area contributed by atoms with Crippen molar-refractivity contribution in [3.8, 4) is 5.75 Å². The Kier molecular flexibility index (Phi) is 11.2. The number of halogens is 1. The van der Waals surface area contributed by atoms with Crippen LogP contribution in [-0.2, 0) is 6.54 Å². The van der Waals surface area contributed by atoms with E-state index in [0.717, 1.165) is 43.4 Å². The molecule has 4 aromatic rings. The van der Waals surface area contributed by atoms with Crippen LogP contribution in [0.2, 0.25) is 0 Å². The van der Waals surface area contributed by atoms with Gasteiger partial charge in [0.15, 0.2) is 0 Å². The maximum Gasteiger partial charge on any atom is 0.269 e. The van der Waals surface area contributed by atoms with Crippen molar-refractivity contribution >= 4 is 40.0 Å². The average molecular weight is 582 g/mol. The Morgan fingerprint density at radius 3 is 2.37 bits per heavy atom. The second-order valence-corrected chi connectivity index (χ2v) is 11.6. The molecule has 222 valence electrons. The topological polar surface area (TPSA) is 89.4 Å². The van der Waals surface area contributed by atoms with Crippen LogP contribution in [-0.4, -0.2) is 77.3 Å². The molecule has 0 aliphatic carbocycles. The van der Waals surface area contributed by atoms with Crippen LogP contribution in [0.15, 0.2) is 66.7 Å². The van der Waals surface area contributed by atoms with Gasteiger partial charge in [-0.15, -0.1) is 12.4 Å². The van der Waals surface area contributed by atoms with Crippen molar-refractivity contribution in [1.29, 1.82) is 0 Å². The quantitative estimate of drug-likeness (QED) is 0.288. The Bertz CT molecular complexity index is 1440. The molecule has 1 aliphatic heterocycles. The van der Waals surface area contributed by atoms with Crippen molar-refractivity contribution in [2.75, 3.05) is 40.3 Å². The van der Waals surface area contributed by atoms with Crippen molar-refractivity contribution in [3.63, 3.8) is 0 Å². The molecule has 2 heterocycles. The van der Waals surface area contributed by atoms with Crippen LogP contribution in [0.3, 0.4) is 0 Å². The van der Waals surface area contributed by atoms with Gasteiger partial charge in [-0.3, -0.25) is 4.79 Å². The van der Waals surface area contributed by atoms with Gasteiger partial charge < -0.3 is 29.7 Å². The summed E-state index contributed by atoms with van der Waals surface area (Å²) in [6, 6.07) is 23.2. The van der Waals surface area contributed by atoms with Crippen LogP contribution in [0.1, 0.15) is 48.7 Å². The van der Waals surface area contributed by atoms with Crippen molar-refractivity contribution < 1.29 is 20.1 Å². The number of ether oxygens (including phenoxy) is 1. The highest BCUT2D eigenvalue weighted by molar-refractivity contribution is 6.00. The SMILES string of the molecule is CC(C)Cn1c(C(=O)N(C)C)cc2c(OCC(O)CN3CCC(c4ccc5ccccc5c4)CC3)cccc21.Cl.O. The summed E-state index contributed by atoms with van der Waals surface area (Å²) in [6.45, 7) is 7.80. The number of rotatable bonds is 9. The highest BCUT2D eigenvalue weighted by atomic mass is 35.5. The first-order valence-electron chi connectivity index (χ1n) is 14.2. The number of fused-ring (bicyclic) bond motifs is 2. The molecule has 0 radical (unpaired) electrons. The summed E-state index contributed by atoms with van der Waals surface area (Å²) in [5, 5.41) is 14.3. The van der Waals surface area contributed by atoms with Gasteiger partial charge >= 0.3 is 0 Å². The Morgan fingerprint density at radius 2 is 1.68 bits per heavy atom. The van der Waals surface area contributed by atoms with Crippen LogP contribution >= 0.6 is 12.4 Å². The van der Waals surface area contributed by atoms with E-state index in [1.165, 1.54) is 16.3 Å². The van der Waals surface area contributed by atoms with Gasteiger partial charge in [0.05, 0.1) is 5.52 Å². The third kappa shape index (κ3) is 7.41. The summed E-state index contributed by atoms with van der Waals surface area (Å²) < 4.78 is 8.24. The molecule has 3 N–H and O–H groups in total. The van der Waals surface area contributed by atoms with E-state index < -0.39 is 6.10 Å². The number of hydrogen-bond donors (Lipinski definition) is 1. The van der Waals surface area contributed by atoms with E-state index in [2.05, 4.69) is 65.8 Å². The van der Waals surface area contributed by atoms with Crippen LogP contribution < -0.4 is 4.74 Å². The molecule has 1 aromatic heterocycles. The number of β-amino-alcohol motifs (C(OH)–C–C–N with tert-alkyl or cyclic N) is 1. The Balaban J connectivity index is 0.00000231. The monoisotopic (exact) mass is 581 g/mol. The van der Waals surface area contributed by atoms with E-state index in [0.29, 0.717) is 29.8 Å². The van der Waals surface area contributed by atoms with E-state index >= 15 is 0 Å². The van der Waals surface area contributed by atoms with Gasteiger partial charge in [-0.2, -0.15) is 0 Å². The molecular formula is C33H44ClN3O4. The lowest BCUT2D eigenvalue weighted by atomic mass is 9.88. The van der Waals surface area contributed by atoms with Gasteiger partial charge in [0, 0.05) is 32.6 Å². The standard InChI is InChI=1S/C33H41N3O3.ClH.H2O/c1-23(2)20-36-30-10-7-11-32(29(30)19-31(36)33(38)34(3)4)39-22-28(37)21-35-16-14-25(15-17-35)27-13-12-24-8-5-6-9-26(24)18-27;;/h5-13,18-19,23,25,28,37H,14-17,20-22H2,1-4H3;1H;1H2. The minimum atomic E-state index is -0.585. The molecule has 0 spiro atoms. The molecular weight excluding hydrogens is 538 g/mol. The minimum absolute atomic E-state index is 0. The third-order valence-electron chi connectivity index (χ3n) is 7.81. The number of likely N-dealkylation sites (tertiary alicyclic amines) is 1. The number of nitrogens with zero attached hydrogens (tertiary/aromatic N) is 3. The number of hydrogen-bond acceptors (Lipinski definition) is 4. The molecule has 8 heteroatoms. The van der Waals surface area contributed by atoms with Crippen LogP contribution in [0.5, 0.6) is 5.75 Å². The number of aliphatic hydroxyl groups excluding tert-OH is 1. The van der Waals surface area contributed by atoms with Gasteiger partial charge in [-0.1, -0.05) is 62.4 Å². The molecule has 1 saturated heterocycles. The third-order valence-corrected chi connectivity index (χ3v) is 7.81. The molecule has 1 atom stereocenters. The van der Waals surface area contributed by atoms with Crippen molar-refractivity contribution in [2.45, 2.75) is 45.3 Å². The second-order valence-electron chi connectivity index (χ2n) is 11.6. The van der Waals surface area contributed by atoms with Crippen molar-refractivity contribution in [2.24, 2.45) is 5.92 Å². The number of amides is 1. The van der Waals surface area contributed by atoms with Gasteiger partial charge in [0.1, 0.15) is 24.2 Å². The molecule has 41 heavy (non-hydrogen) atoms. The summed E-state index contributed by atoms with van der Waals surface area (Å²) in [5.41, 5.74) is 3.06. The first-order valence-corrected chi connectivity index (χ1v) is 14.2. The van der Waals surface area contributed by atoms with E-state index in [1.54, 1.807) is 19.0 Å². The molecule has 1 unspecified atom stereocenters. The fraction of sp³-hybridized carbons (Fsp3) is 0.424. The molecule has 7 nitrogen and oxygen atoms in total. The first kappa shape index (κ1) is 32.4. The number of carbonyl (C=O) groups is 1. The Hall–Kier alpha value is -3.10. The van der Waals surface area contributed by atoms with Gasteiger partial charge in [-0.05, 0) is 72.3 Å². The molecule has 3 aromatic carbocycles. The maximum absolute atomic E-state index is 12.9. The van der Waals surface area contributed by atoms with Crippen LogP contribution in [0.4, 0.5) is 0 Å². The lowest BCUT2D eigenvalue weighted by Gasteiger charge is -2.33. The normalized spacial score (nSPS) is 15.0. The summed E-state index contributed by atoms with van der Waals surface area (Å²) in [5.74, 6) is 1.64. The molecule has 1 aliphatic rings. The fourth-order valence-electron chi connectivity index (χ4n) is 5.80. The number of piperidine rings is 1. The summed E-state index contributed by atoms with van der Waals surface area (Å²) in [4.78, 5) is 16.9. The average Bonchev–Trinajstić information content (AvgIpc) is 3.29. The Labute approximate surface area is 249 Å². The van der Waals surface area contributed by atoms with E-state index in [-0.39, 0.29) is 30.4 Å². The summed E-state index contributed by atoms with van der Waals surface area (Å²) in [6.07, 6.45) is 1.60. The van der Waals surface area contributed by atoms with Gasteiger partial charge in [-0.25, -0.2) is 0 Å². The minimum Gasteiger partial charge on any atom is -0.490 e. The number of aliphatic hydroxyl groups is 1. The molecule has 0 bridgehead atoms. The van der Waals surface area contributed by atoms with Gasteiger partial charge in [0.25, 0.3) is 5.91 Å². The first-order chi connectivity index (χ1) is 18.8. The molecule has 5 rings (SSSR count). The van der Waals surface area contributed by atoms with E-state index in [4.69, 9.17) is 4.74 Å². The number of benzene rings is 3. The van der Waals surface area contributed by atoms with E-state index in [1.807, 2.05) is 24.3 Å². The van der Waals surface area contributed by atoms with Gasteiger partial charge in [0.2, 0.25) is 0 Å². The zero-order chi connectivity index (χ0) is 27.5. The maximum atomic E-state index is 12.9. The van der Waals surface area contributed by atoms with Crippen molar-refractivity contribution in [1.82, 2.24) is 14.4 Å². The zero-order valence-electron chi connectivity index (χ0n) is 24.5. The number of aromatic nitrogens is 1. The highest BCUT2D eigenvalue weighted by Crippen LogP contribution is 2.32. The predicted octanol–water partition coefficient (Wildman–Crippen LogP) is 5.37. The molecule has 1 fully saturated rings. The zero-order valence-corrected chi connectivity index (χ0v) is 25.4. The smallest absolute Gasteiger partial charge is 0.269 e. The van der Waals surface area contributed by atoms with Crippen molar-refractivity contribution in [3.05, 3.63) is 78.0 Å². The fourth-order valence-corrected chi connectivity index (χ4v) is 5.80. The lowest BCUT2D eigenvalue weighted by molar-refractivity contribution is 0.0599. The van der Waals surface area contributed by atoms with Crippen LogP contribution in [0, 0.1) is 5.92 Å². The number of carbonyl (C=O) groups excluding carboxylic acids is 1. The van der Waals surface area contributed by atoms with Crippen LogP contribution in [0.25, 0.3) is 21.7 Å².